The Hall–Kier alpha value is -2.37. The van der Waals surface area contributed by atoms with Crippen LogP contribution in [-0.4, -0.2) is 29.9 Å². The van der Waals surface area contributed by atoms with Gasteiger partial charge in [-0.15, -0.1) is 0 Å². The summed E-state index contributed by atoms with van der Waals surface area (Å²) in [7, 11) is 1.45. The number of carboxylic acids is 1. The molecule has 6 nitrogen and oxygen atoms in total. The first kappa shape index (κ1) is 14.7. The van der Waals surface area contributed by atoms with Crippen LogP contribution < -0.4 is 10.1 Å². The van der Waals surface area contributed by atoms with Gasteiger partial charge in [-0.2, -0.15) is 0 Å². The summed E-state index contributed by atoms with van der Waals surface area (Å²) < 4.78 is 5.06. The van der Waals surface area contributed by atoms with Gasteiger partial charge in [0.2, 0.25) is 5.91 Å². The molecule has 0 unspecified atom stereocenters. The van der Waals surface area contributed by atoms with Gasteiger partial charge in [-0.05, 0) is 18.2 Å². The Morgan fingerprint density at radius 1 is 1.26 bits per heavy atom. The highest BCUT2D eigenvalue weighted by Gasteiger charge is 2.12. The SMILES string of the molecule is COc1ccc(C(=O)CCC(=O)O)cc1NC(C)=O. The third kappa shape index (κ3) is 4.42. The van der Waals surface area contributed by atoms with Crippen molar-refractivity contribution in [1.82, 2.24) is 0 Å². The van der Waals surface area contributed by atoms with Crippen LogP contribution in [0.3, 0.4) is 0 Å². The van der Waals surface area contributed by atoms with E-state index in [4.69, 9.17) is 9.84 Å². The lowest BCUT2D eigenvalue weighted by molar-refractivity contribution is -0.137. The predicted molar refractivity (Wildman–Crippen MR) is 68.5 cm³/mol. The summed E-state index contributed by atoms with van der Waals surface area (Å²) >= 11 is 0. The minimum Gasteiger partial charge on any atom is -0.495 e. The summed E-state index contributed by atoms with van der Waals surface area (Å²) in [4.78, 5) is 33.2. The fraction of sp³-hybridized carbons (Fsp3) is 0.308. The molecule has 1 aromatic carbocycles. The highest BCUT2D eigenvalue weighted by molar-refractivity contribution is 6.00. The molecule has 2 N–H and O–H groups in total. The van der Waals surface area contributed by atoms with Crippen LogP contribution in [0.15, 0.2) is 18.2 Å². The number of benzene rings is 1. The van der Waals surface area contributed by atoms with E-state index < -0.39 is 5.97 Å². The Bertz CT molecular complexity index is 510. The van der Waals surface area contributed by atoms with Gasteiger partial charge in [0.1, 0.15) is 5.75 Å². The molecule has 102 valence electrons. The van der Waals surface area contributed by atoms with Crippen LogP contribution in [-0.2, 0) is 9.59 Å². The van der Waals surface area contributed by atoms with E-state index in [0.717, 1.165) is 0 Å². The average molecular weight is 265 g/mol. The molecule has 19 heavy (non-hydrogen) atoms. The maximum atomic E-state index is 11.8. The molecule has 0 radical (unpaired) electrons. The molecule has 1 rings (SSSR count). The lowest BCUT2D eigenvalue weighted by Crippen LogP contribution is -2.09. The first-order valence-electron chi connectivity index (χ1n) is 5.64. The number of nitrogens with one attached hydrogen (secondary N) is 1. The van der Waals surface area contributed by atoms with Gasteiger partial charge >= 0.3 is 5.97 Å². The summed E-state index contributed by atoms with van der Waals surface area (Å²) in [6.07, 6.45) is -0.304. The molecule has 0 fully saturated rings. The highest BCUT2D eigenvalue weighted by Crippen LogP contribution is 2.26. The maximum absolute atomic E-state index is 11.8. The monoisotopic (exact) mass is 265 g/mol. The second-order valence-electron chi connectivity index (χ2n) is 3.91. The van der Waals surface area contributed by atoms with Crippen LogP contribution in [0.25, 0.3) is 0 Å². The highest BCUT2D eigenvalue weighted by atomic mass is 16.5. The second kappa shape index (κ2) is 6.53. The molecular weight excluding hydrogens is 250 g/mol. The minimum absolute atomic E-state index is 0.0822. The zero-order chi connectivity index (χ0) is 14.4. The summed E-state index contributed by atoms with van der Waals surface area (Å²) in [6, 6.07) is 4.57. The van der Waals surface area contributed by atoms with E-state index in [1.807, 2.05) is 0 Å². The van der Waals surface area contributed by atoms with Gasteiger partial charge in [0.15, 0.2) is 5.78 Å². The molecule has 0 aliphatic heterocycles. The largest absolute Gasteiger partial charge is 0.495 e. The van der Waals surface area contributed by atoms with E-state index in [1.54, 1.807) is 6.07 Å². The summed E-state index contributed by atoms with van der Waals surface area (Å²) in [5.74, 6) is -1.17. The topological polar surface area (TPSA) is 92.7 Å². The number of carboxylic acid groups (broad SMARTS) is 1. The number of carbonyl (C=O) groups is 3. The number of hydrogen-bond acceptors (Lipinski definition) is 4. The number of rotatable bonds is 6. The van der Waals surface area contributed by atoms with Crippen LogP contribution in [0.1, 0.15) is 30.1 Å². The number of aliphatic carboxylic acids is 1. The summed E-state index contributed by atoms with van der Waals surface area (Å²) in [5, 5.41) is 11.1. The van der Waals surface area contributed by atoms with Crippen LogP contribution in [0, 0.1) is 0 Å². The molecule has 1 amide bonds. The third-order valence-corrected chi connectivity index (χ3v) is 2.40. The van der Waals surface area contributed by atoms with E-state index in [0.29, 0.717) is 17.0 Å². The number of methoxy groups -OCH3 is 1. The second-order valence-corrected chi connectivity index (χ2v) is 3.91. The Kier molecular flexibility index (Phi) is 5.05. The lowest BCUT2D eigenvalue weighted by atomic mass is 10.1. The summed E-state index contributed by atoms with van der Waals surface area (Å²) in [6.45, 7) is 1.35. The zero-order valence-electron chi connectivity index (χ0n) is 10.7. The van der Waals surface area contributed by atoms with Crippen molar-refractivity contribution in [3.8, 4) is 5.75 Å². The maximum Gasteiger partial charge on any atom is 0.303 e. The zero-order valence-corrected chi connectivity index (χ0v) is 10.7. The van der Waals surface area contributed by atoms with Crippen molar-refractivity contribution in [3.05, 3.63) is 23.8 Å². The Morgan fingerprint density at radius 2 is 1.95 bits per heavy atom. The standard InChI is InChI=1S/C13H15NO5/c1-8(15)14-10-7-9(3-5-12(10)19-2)11(16)4-6-13(17)18/h3,5,7H,4,6H2,1-2H3,(H,14,15)(H,17,18). The Balaban J connectivity index is 2.93. The molecule has 6 heteroatoms. The van der Waals surface area contributed by atoms with Gasteiger partial charge in [-0.25, -0.2) is 0 Å². The van der Waals surface area contributed by atoms with Crippen molar-refractivity contribution in [2.45, 2.75) is 19.8 Å². The molecule has 0 aromatic heterocycles. The third-order valence-electron chi connectivity index (χ3n) is 2.40. The lowest BCUT2D eigenvalue weighted by Gasteiger charge is -2.10. The number of ether oxygens (including phenoxy) is 1. The van der Waals surface area contributed by atoms with Crippen LogP contribution in [0.5, 0.6) is 5.75 Å². The van der Waals surface area contributed by atoms with Crippen molar-refractivity contribution >= 4 is 23.3 Å². The van der Waals surface area contributed by atoms with Crippen LogP contribution >= 0.6 is 0 Å². The van der Waals surface area contributed by atoms with Crippen molar-refractivity contribution in [3.63, 3.8) is 0 Å². The number of Topliss-reactive ketones (excluding diaryl/α,β-unsaturated/α-hetero) is 1. The number of anilines is 1. The number of carbonyl (C=O) groups excluding carboxylic acids is 2. The van der Waals surface area contributed by atoms with Crippen molar-refractivity contribution in [2.75, 3.05) is 12.4 Å². The molecule has 0 bridgehead atoms. The van der Waals surface area contributed by atoms with Crippen molar-refractivity contribution in [2.24, 2.45) is 0 Å². The quantitative estimate of drug-likeness (QED) is 0.764. The van der Waals surface area contributed by atoms with Gasteiger partial charge in [-0.3, -0.25) is 14.4 Å². The minimum atomic E-state index is -1.02. The molecule has 0 heterocycles. The van der Waals surface area contributed by atoms with Crippen molar-refractivity contribution in [1.29, 1.82) is 0 Å². The van der Waals surface area contributed by atoms with Gasteiger partial charge in [0, 0.05) is 18.9 Å². The first-order chi connectivity index (χ1) is 8.93. The van der Waals surface area contributed by atoms with Gasteiger partial charge < -0.3 is 15.2 Å². The van der Waals surface area contributed by atoms with E-state index in [-0.39, 0.29) is 24.5 Å². The number of hydrogen-bond donors (Lipinski definition) is 2. The van der Waals surface area contributed by atoms with Gasteiger partial charge in [-0.1, -0.05) is 0 Å². The predicted octanol–water partition coefficient (Wildman–Crippen LogP) is 1.70. The first-order valence-corrected chi connectivity index (χ1v) is 5.64. The Labute approximate surface area is 110 Å². The number of ketones is 1. The average Bonchev–Trinajstić information content (AvgIpc) is 2.35. The fourth-order valence-electron chi connectivity index (χ4n) is 1.53. The summed E-state index contributed by atoms with van der Waals surface area (Å²) in [5.41, 5.74) is 0.724. The molecule has 0 saturated heterocycles. The van der Waals surface area contributed by atoms with E-state index in [9.17, 15) is 14.4 Å². The van der Waals surface area contributed by atoms with E-state index in [2.05, 4.69) is 5.32 Å². The molecule has 0 spiro atoms. The van der Waals surface area contributed by atoms with E-state index in [1.165, 1.54) is 26.2 Å². The normalized spacial score (nSPS) is 9.79. The Morgan fingerprint density at radius 3 is 2.47 bits per heavy atom. The fourth-order valence-corrected chi connectivity index (χ4v) is 1.53. The van der Waals surface area contributed by atoms with Crippen LogP contribution in [0.2, 0.25) is 0 Å². The van der Waals surface area contributed by atoms with Gasteiger partial charge in [0.25, 0.3) is 0 Å². The molecular formula is C13H15NO5. The molecule has 1 aromatic rings. The molecule has 0 atom stereocenters. The number of amides is 1. The van der Waals surface area contributed by atoms with Crippen molar-refractivity contribution < 1.29 is 24.2 Å². The smallest absolute Gasteiger partial charge is 0.303 e. The molecule has 0 saturated carbocycles. The van der Waals surface area contributed by atoms with Crippen LogP contribution in [0.4, 0.5) is 5.69 Å². The van der Waals surface area contributed by atoms with E-state index >= 15 is 0 Å². The molecule has 0 aliphatic rings. The molecule has 0 aliphatic carbocycles. The van der Waals surface area contributed by atoms with Gasteiger partial charge in [0.05, 0.1) is 19.2 Å².